The number of rotatable bonds is 15. The molecule has 32 heavy (non-hydrogen) atoms. The summed E-state index contributed by atoms with van der Waals surface area (Å²) in [6.45, 7) is 8.46. The van der Waals surface area contributed by atoms with Crippen molar-refractivity contribution in [2.45, 2.75) is 84.2 Å². The Hall–Kier alpha value is -1.85. The molecule has 7 N–H and O–H groups in total. The number of carbonyl (C=O) groups is 4. The molecule has 0 aromatic carbocycles. The fraction of sp³-hybridized carbons (Fsp3) is 0.810. The Morgan fingerprint density at radius 1 is 0.844 bits per heavy atom. The maximum absolute atomic E-state index is 12.9. The predicted molar refractivity (Wildman–Crippen MR) is 125 cm³/mol. The van der Waals surface area contributed by atoms with E-state index in [1.54, 1.807) is 13.8 Å². The lowest BCUT2D eigenvalue weighted by molar-refractivity contribution is -0.144. The molecule has 0 radical (unpaired) electrons. The van der Waals surface area contributed by atoms with Crippen molar-refractivity contribution in [3.8, 4) is 0 Å². The minimum atomic E-state index is -1.31. The summed E-state index contributed by atoms with van der Waals surface area (Å²) >= 11 is 1.53. The molecule has 0 fully saturated rings. The minimum absolute atomic E-state index is 0.308. The van der Waals surface area contributed by atoms with Gasteiger partial charge >= 0.3 is 5.97 Å². The van der Waals surface area contributed by atoms with E-state index in [1.165, 1.54) is 18.7 Å². The maximum atomic E-state index is 12.9. The molecular weight excluding hydrogens is 436 g/mol. The van der Waals surface area contributed by atoms with E-state index >= 15 is 0 Å². The highest BCUT2D eigenvalue weighted by Gasteiger charge is 2.35. The van der Waals surface area contributed by atoms with Gasteiger partial charge in [-0.1, -0.05) is 40.5 Å². The van der Waals surface area contributed by atoms with Gasteiger partial charge in [-0.15, -0.1) is 0 Å². The van der Waals surface area contributed by atoms with Gasteiger partial charge in [-0.2, -0.15) is 11.8 Å². The summed E-state index contributed by atoms with van der Waals surface area (Å²) in [7, 11) is 0. The first kappa shape index (κ1) is 30.1. The summed E-state index contributed by atoms with van der Waals surface area (Å²) in [6.07, 6.45) is 2.13. The molecule has 0 saturated carbocycles. The molecule has 7 atom stereocenters. The van der Waals surface area contributed by atoms with Gasteiger partial charge in [-0.05, 0) is 37.2 Å². The minimum Gasteiger partial charge on any atom is -0.480 e. The monoisotopic (exact) mass is 476 g/mol. The molecule has 0 aliphatic rings. The summed E-state index contributed by atoms with van der Waals surface area (Å²) in [4.78, 5) is 49.7. The van der Waals surface area contributed by atoms with E-state index in [0.717, 1.165) is 0 Å². The zero-order valence-corrected chi connectivity index (χ0v) is 20.7. The van der Waals surface area contributed by atoms with Crippen molar-refractivity contribution in [1.29, 1.82) is 0 Å². The molecule has 0 aromatic rings. The van der Waals surface area contributed by atoms with Gasteiger partial charge in [0.05, 0.1) is 12.1 Å². The van der Waals surface area contributed by atoms with Crippen LogP contribution in [0.3, 0.4) is 0 Å². The van der Waals surface area contributed by atoms with Crippen LogP contribution in [0.25, 0.3) is 0 Å². The number of amides is 3. The number of nitrogens with two attached hydrogens (primary N) is 1. The number of thioether (sulfide) groups is 1. The van der Waals surface area contributed by atoms with Crippen LogP contribution in [0.1, 0.15) is 53.9 Å². The van der Waals surface area contributed by atoms with Crippen molar-refractivity contribution < 1.29 is 29.4 Å². The molecule has 0 aliphatic carbocycles. The zero-order chi connectivity index (χ0) is 25.0. The smallest absolute Gasteiger partial charge is 0.326 e. The van der Waals surface area contributed by atoms with Crippen LogP contribution in [-0.4, -0.2) is 76.2 Å². The summed E-state index contributed by atoms with van der Waals surface area (Å²) in [5, 5.41) is 27.1. The van der Waals surface area contributed by atoms with Crippen molar-refractivity contribution >= 4 is 35.5 Å². The lowest BCUT2D eigenvalue weighted by atomic mass is 9.95. The first-order chi connectivity index (χ1) is 14.9. The molecule has 7 unspecified atom stereocenters. The van der Waals surface area contributed by atoms with E-state index in [2.05, 4.69) is 16.0 Å². The molecule has 0 saturated heterocycles. The predicted octanol–water partition coefficient (Wildman–Crippen LogP) is 0.0788. The molecule has 10 nitrogen and oxygen atoms in total. The standard InChI is InChI=1S/C21H40N4O6S/c1-7-11(3)15(19(28)24-16(21(30)31)12(4)8-2)23-20(29)17(13(5)26)25-18(27)14(22)9-10-32-6/h11-17,26H,7-10,22H2,1-6H3,(H,23,29)(H,24,28)(H,25,27)(H,30,31). The SMILES string of the molecule is CCC(C)C(NC(=O)C(NC(=O)C(NC(=O)C(N)CCSC)C(C)O)C(C)CC)C(=O)O. The van der Waals surface area contributed by atoms with Crippen LogP contribution in [0.15, 0.2) is 0 Å². The van der Waals surface area contributed by atoms with E-state index in [9.17, 15) is 29.4 Å². The van der Waals surface area contributed by atoms with Crippen LogP contribution in [0.4, 0.5) is 0 Å². The molecule has 3 amide bonds. The Morgan fingerprint density at radius 3 is 1.72 bits per heavy atom. The number of hydrogen-bond donors (Lipinski definition) is 6. The first-order valence-corrected chi connectivity index (χ1v) is 12.4. The van der Waals surface area contributed by atoms with Crippen molar-refractivity contribution in [2.75, 3.05) is 12.0 Å². The number of aliphatic carboxylic acids is 1. The molecule has 0 rings (SSSR count). The fourth-order valence-corrected chi connectivity index (χ4v) is 3.40. The van der Waals surface area contributed by atoms with Crippen molar-refractivity contribution in [1.82, 2.24) is 16.0 Å². The first-order valence-electron chi connectivity index (χ1n) is 11.0. The molecule has 0 aromatic heterocycles. The maximum Gasteiger partial charge on any atom is 0.326 e. The van der Waals surface area contributed by atoms with Gasteiger partial charge in [0.2, 0.25) is 17.7 Å². The highest BCUT2D eigenvalue weighted by atomic mass is 32.2. The van der Waals surface area contributed by atoms with Crippen LogP contribution in [-0.2, 0) is 19.2 Å². The molecule has 0 heterocycles. The second kappa shape index (κ2) is 15.1. The topological polar surface area (TPSA) is 171 Å². The molecular formula is C21H40N4O6S. The Balaban J connectivity index is 5.48. The Bertz CT molecular complexity index is 633. The van der Waals surface area contributed by atoms with Crippen molar-refractivity contribution in [3.05, 3.63) is 0 Å². The Morgan fingerprint density at radius 2 is 1.28 bits per heavy atom. The number of carbonyl (C=O) groups excluding carboxylic acids is 3. The lowest BCUT2D eigenvalue weighted by Gasteiger charge is -2.29. The number of carboxylic acids is 1. The molecule has 0 spiro atoms. The molecule has 186 valence electrons. The third-order valence-electron chi connectivity index (χ3n) is 5.60. The molecule has 0 aliphatic heterocycles. The summed E-state index contributed by atoms with van der Waals surface area (Å²) < 4.78 is 0. The van der Waals surface area contributed by atoms with E-state index in [1.807, 2.05) is 20.1 Å². The van der Waals surface area contributed by atoms with Crippen LogP contribution in [0.5, 0.6) is 0 Å². The van der Waals surface area contributed by atoms with Gasteiger partial charge in [0.15, 0.2) is 0 Å². The number of hydrogen-bond acceptors (Lipinski definition) is 7. The van der Waals surface area contributed by atoms with Gasteiger partial charge in [0.25, 0.3) is 0 Å². The number of aliphatic hydroxyl groups excluding tert-OH is 1. The number of nitrogens with one attached hydrogen (secondary N) is 3. The van der Waals surface area contributed by atoms with Gasteiger partial charge in [-0.3, -0.25) is 14.4 Å². The highest BCUT2D eigenvalue weighted by molar-refractivity contribution is 7.98. The second-order valence-electron chi connectivity index (χ2n) is 8.20. The third kappa shape index (κ3) is 9.74. The van der Waals surface area contributed by atoms with E-state index in [-0.39, 0.29) is 11.8 Å². The normalized spacial score (nSPS) is 17.8. The van der Waals surface area contributed by atoms with Crippen LogP contribution < -0.4 is 21.7 Å². The van der Waals surface area contributed by atoms with Gasteiger partial charge in [0, 0.05) is 0 Å². The number of aliphatic hydroxyl groups is 1. The lowest BCUT2D eigenvalue weighted by Crippen LogP contribution is -2.61. The third-order valence-corrected chi connectivity index (χ3v) is 6.25. The van der Waals surface area contributed by atoms with Crippen LogP contribution in [0.2, 0.25) is 0 Å². The fourth-order valence-electron chi connectivity index (χ4n) is 2.91. The zero-order valence-electron chi connectivity index (χ0n) is 19.9. The largest absolute Gasteiger partial charge is 0.480 e. The van der Waals surface area contributed by atoms with E-state index < -0.39 is 54.0 Å². The summed E-state index contributed by atoms with van der Waals surface area (Å²) in [5.41, 5.74) is 5.84. The van der Waals surface area contributed by atoms with Gasteiger partial charge in [-0.25, -0.2) is 4.79 Å². The van der Waals surface area contributed by atoms with Crippen molar-refractivity contribution in [2.24, 2.45) is 17.6 Å². The quantitative estimate of drug-likeness (QED) is 0.193. The Labute approximate surface area is 194 Å². The van der Waals surface area contributed by atoms with Gasteiger partial charge in [0.1, 0.15) is 18.1 Å². The van der Waals surface area contributed by atoms with Gasteiger partial charge < -0.3 is 31.9 Å². The second-order valence-corrected chi connectivity index (χ2v) is 9.18. The Kier molecular flexibility index (Phi) is 14.2. The average molecular weight is 477 g/mol. The summed E-state index contributed by atoms with van der Waals surface area (Å²) in [6, 6.07) is -4.29. The summed E-state index contributed by atoms with van der Waals surface area (Å²) in [5.74, 6) is -3.08. The average Bonchev–Trinajstić information content (AvgIpc) is 2.75. The molecule has 0 bridgehead atoms. The van der Waals surface area contributed by atoms with E-state index in [4.69, 9.17) is 5.73 Å². The van der Waals surface area contributed by atoms with E-state index in [0.29, 0.717) is 25.0 Å². The van der Waals surface area contributed by atoms with Crippen LogP contribution in [0, 0.1) is 11.8 Å². The molecule has 11 heteroatoms. The highest BCUT2D eigenvalue weighted by Crippen LogP contribution is 2.13. The van der Waals surface area contributed by atoms with Crippen LogP contribution >= 0.6 is 11.8 Å². The van der Waals surface area contributed by atoms with Crippen molar-refractivity contribution in [3.63, 3.8) is 0 Å². The number of carboxylic acid groups (broad SMARTS) is 1.